The van der Waals surface area contributed by atoms with Gasteiger partial charge in [-0.25, -0.2) is 9.37 Å². The van der Waals surface area contributed by atoms with Crippen molar-refractivity contribution in [3.63, 3.8) is 0 Å². The van der Waals surface area contributed by atoms with Crippen molar-refractivity contribution < 1.29 is 9.13 Å². The van der Waals surface area contributed by atoms with Gasteiger partial charge in [0.2, 0.25) is 0 Å². The number of hydrogen-bond acceptors (Lipinski definition) is 3. The smallest absolute Gasteiger partial charge is 0.150 e. The van der Waals surface area contributed by atoms with Crippen LogP contribution in [-0.4, -0.2) is 4.98 Å². The second-order valence-electron chi connectivity index (χ2n) is 3.93. The van der Waals surface area contributed by atoms with E-state index in [1.165, 1.54) is 23.5 Å². The van der Waals surface area contributed by atoms with Crippen LogP contribution in [0.4, 0.5) is 4.39 Å². The molecule has 2 aromatic rings. The van der Waals surface area contributed by atoms with Gasteiger partial charge in [-0.2, -0.15) is 0 Å². The highest BCUT2D eigenvalue weighted by atomic mass is 79.9. The molecule has 19 heavy (non-hydrogen) atoms. The fraction of sp³-hybridized carbons (Fsp3) is 0.308. The van der Waals surface area contributed by atoms with Crippen LogP contribution in [0.3, 0.4) is 0 Å². The van der Waals surface area contributed by atoms with Crippen LogP contribution in [0.1, 0.15) is 30.2 Å². The number of halogens is 3. The van der Waals surface area contributed by atoms with Gasteiger partial charge in [0.1, 0.15) is 22.7 Å². The minimum atomic E-state index is -0.334. The Morgan fingerprint density at radius 2 is 2.26 bits per heavy atom. The van der Waals surface area contributed by atoms with Crippen LogP contribution in [0.5, 0.6) is 5.75 Å². The highest BCUT2D eigenvalue weighted by molar-refractivity contribution is 9.10. The van der Waals surface area contributed by atoms with Crippen LogP contribution in [-0.2, 0) is 5.88 Å². The van der Waals surface area contributed by atoms with E-state index < -0.39 is 0 Å². The SMILES string of the molecule is CCC(Oc1cc(F)cc(Br)c1)c1nc(CCl)cs1. The number of benzene rings is 1. The molecule has 0 amide bonds. The monoisotopic (exact) mass is 363 g/mol. The Morgan fingerprint density at radius 3 is 2.84 bits per heavy atom. The number of thiazole rings is 1. The van der Waals surface area contributed by atoms with Crippen LogP contribution in [0, 0.1) is 5.82 Å². The van der Waals surface area contributed by atoms with Crippen molar-refractivity contribution in [2.75, 3.05) is 0 Å². The summed E-state index contributed by atoms with van der Waals surface area (Å²) in [6.45, 7) is 2.00. The summed E-state index contributed by atoms with van der Waals surface area (Å²) in [6, 6.07) is 4.49. The van der Waals surface area contributed by atoms with E-state index in [0.29, 0.717) is 16.1 Å². The summed E-state index contributed by atoms with van der Waals surface area (Å²) in [4.78, 5) is 4.40. The van der Waals surface area contributed by atoms with Gasteiger partial charge in [0.05, 0.1) is 11.6 Å². The topological polar surface area (TPSA) is 22.1 Å². The van der Waals surface area contributed by atoms with Gasteiger partial charge >= 0.3 is 0 Å². The number of rotatable bonds is 5. The lowest BCUT2D eigenvalue weighted by molar-refractivity contribution is 0.200. The van der Waals surface area contributed by atoms with E-state index in [1.807, 2.05) is 12.3 Å². The predicted molar refractivity (Wildman–Crippen MR) is 79.4 cm³/mol. The average Bonchev–Trinajstić information content (AvgIpc) is 2.83. The first kappa shape index (κ1) is 14.8. The van der Waals surface area contributed by atoms with Crippen molar-refractivity contribution in [2.45, 2.75) is 25.3 Å². The van der Waals surface area contributed by atoms with Gasteiger partial charge in [-0.15, -0.1) is 22.9 Å². The molecule has 1 unspecified atom stereocenters. The summed E-state index contributed by atoms with van der Waals surface area (Å²) in [5, 5.41) is 2.77. The number of aromatic nitrogens is 1. The van der Waals surface area contributed by atoms with Crippen molar-refractivity contribution in [1.82, 2.24) is 4.98 Å². The zero-order valence-electron chi connectivity index (χ0n) is 10.2. The fourth-order valence-corrected chi connectivity index (χ4v) is 3.20. The normalized spacial score (nSPS) is 12.4. The van der Waals surface area contributed by atoms with Crippen LogP contribution in [0.25, 0.3) is 0 Å². The summed E-state index contributed by atoms with van der Waals surface area (Å²) in [5.74, 6) is 0.541. The van der Waals surface area contributed by atoms with Gasteiger partial charge < -0.3 is 4.74 Å². The number of hydrogen-bond donors (Lipinski definition) is 0. The molecule has 0 bridgehead atoms. The first-order valence-electron chi connectivity index (χ1n) is 5.75. The molecule has 6 heteroatoms. The van der Waals surface area contributed by atoms with E-state index in [4.69, 9.17) is 16.3 Å². The number of nitrogens with zero attached hydrogens (tertiary/aromatic N) is 1. The average molecular weight is 365 g/mol. The molecule has 0 radical (unpaired) electrons. The molecular formula is C13H12BrClFNOS. The second-order valence-corrected chi connectivity index (χ2v) is 6.00. The molecule has 0 aliphatic rings. The Morgan fingerprint density at radius 1 is 1.47 bits per heavy atom. The van der Waals surface area contributed by atoms with Gasteiger partial charge in [0.15, 0.2) is 0 Å². The lowest BCUT2D eigenvalue weighted by Crippen LogP contribution is -2.06. The summed E-state index contributed by atoms with van der Waals surface area (Å²) in [5.41, 5.74) is 0.837. The molecule has 1 atom stereocenters. The molecular weight excluding hydrogens is 353 g/mol. The molecule has 0 saturated carbocycles. The second kappa shape index (κ2) is 6.68. The lowest BCUT2D eigenvalue weighted by Gasteiger charge is -2.15. The molecule has 1 aromatic heterocycles. The summed E-state index contributed by atoms with van der Waals surface area (Å²) < 4.78 is 19.8. The van der Waals surface area contributed by atoms with E-state index in [-0.39, 0.29) is 11.9 Å². The largest absolute Gasteiger partial charge is 0.483 e. The van der Waals surface area contributed by atoms with Crippen molar-refractivity contribution >= 4 is 38.9 Å². The molecule has 0 aliphatic heterocycles. The van der Waals surface area contributed by atoms with Gasteiger partial charge in [-0.3, -0.25) is 0 Å². The van der Waals surface area contributed by atoms with Crippen LogP contribution in [0.2, 0.25) is 0 Å². The maximum absolute atomic E-state index is 13.3. The highest BCUT2D eigenvalue weighted by Crippen LogP contribution is 2.29. The molecule has 2 rings (SSSR count). The van der Waals surface area contributed by atoms with Crippen LogP contribution < -0.4 is 4.74 Å². The summed E-state index contributed by atoms with van der Waals surface area (Å²) >= 11 is 10.5. The Hall–Kier alpha value is -0.650. The Balaban J connectivity index is 2.18. The molecule has 0 aliphatic carbocycles. The van der Waals surface area contributed by atoms with Gasteiger partial charge in [-0.05, 0) is 18.6 Å². The minimum Gasteiger partial charge on any atom is -0.483 e. The molecule has 1 heterocycles. The zero-order chi connectivity index (χ0) is 13.8. The van der Waals surface area contributed by atoms with Gasteiger partial charge in [0, 0.05) is 15.9 Å². The van der Waals surface area contributed by atoms with Crippen molar-refractivity contribution in [1.29, 1.82) is 0 Å². The summed E-state index contributed by atoms with van der Waals surface area (Å²) in [7, 11) is 0. The minimum absolute atomic E-state index is 0.185. The van der Waals surface area contributed by atoms with Crippen molar-refractivity contribution in [3.8, 4) is 5.75 Å². The van der Waals surface area contributed by atoms with E-state index in [0.717, 1.165) is 17.1 Å². The molecule has 102 valence electrons. The Kier molecular flexibility index (Phi) is 5.19. The van der Waals surface area contributed by atoms with Crippen molar-refractivity contribution in [3.05, 3.63) is 44.6 Å². The number of alkyl halides is 1. The third-order valence-electron chi connectivity index (χ3n) is 2.47. The predicted octanol–water partition coefficient (Wildman–Crippen LogP) is 5.31. The maximum atomic E-state index is 13.3. The quantitative estimate of drug-likeness (QED) is 0.670. The van der Waals surface area contributed by atoms with Crippen LogP contribution in [0.15, 0.2) is 28.1 Å². The standard InChI is InChI=1S/C13H12BrClFNOS/c1-2-12(13-17-10(6-15)7-19-13)18-11-4-8(14)3-9(16)5-11/h3-5,7,12H,2,6H2,1H3. The molecule has 0 saturated heterocycles. The summed E-state index contributed by atoms with van der Waals surface area (Å²) in [6.07, 6.45) is 0.569. The molecule has 0 fully saturated rings. The molecule has 2 nitrogen and oxygen atoms in total. The fourth-order valence-electron chi connectivity index (χ4n) is 1.60. The van der Waals surface area contributed by atoms with E-state index >= 15 is 0 Å². The third kappa shape index (κ3) is 3.91. The van der Waals surface area contributed by atoms with Gasteiger partial charge in [0.25, 0.3) is 0 Å². The van der Waals surface area contributed by atoms with Crippen LogP contribution >= 0.6 is 38.9 Å². The molecule has 0 spiro atoms. The van der Waals surface area contributed by atoms with Gasteiger partial charge in [-0.1, -0.05) is 22.9 Å². The van der Waals surface area contributed by atoms with E-state index in [2.05, 4.69) is 20.9 Å². The first-order chi connectivity index (χ1) is 9.12. The zero-order valence-corrected chi connectivity index (χ0v) is 13.4. The van der Waals surface area contributed by atoms with E-state index in [1.54, 1.807) is 6.07 Å². The molecule has 0 N–H and O–H groups in total. The third-order valence-corrected chi connectivity index (χ3v) is 4.18. The lowest BCUT2D eigenvalue weighted by atomic mass is 10.2. The molecule has 1 aromatic carbocycles. The van der Waals surface area contributed by atoms with Crippen molar-refractivity contribution in [2.24, 2.45) is 0 Å². The maximum Gasteiger partial charge on any atom is 0.150 e. The Labute approximate surface area is 128 Å². The Bertz CT molecular complexity index is 543. The number of ether oxygens (including phenoxy) is 1. The van der Waals surface area contributed by atoms with E-state index in [9.17, 15) is 4.39 Å². The highest BCUT2D eigenvalue weighted by Gasteiger charge is 2.16. The first-order valence-corrected chi connectivity index (χ1v) is 7.96.